The van der Waals surface area contributed by atoms with Gasteiger partial charge in [0.15, 0.2) is 11.5 Å². The molecule has 0 radical (unpaired) electrons. The number of hydrogen-bond acceptors (Lipinski definition) is 6. The molecule has 1 N–H and O–H groups in total. The van der Waals surface area contributed by atoms with E-state index in [4.69, 9.17) is 14.2 Å². The maximum Gasteiger partial charge on any atom is 0.164 e. The van der Waals surface area contributed by atoms with Crippen LogP contribution in [0.5, 0.6) is 17.2 Å². The van der Waals surface area contributed by atoms with Gasteiger partial charge in [0.05, 0.1) is 21.3 Å². The molecule has 2 aromatic rings. The Hall–Kier alpha value is -2.34. The summed E-state index contributed by atoms with van der Waals surface area (Å²) in [5.41, 5.74) is 1.12. The topological polar surface area (TPSA) is 73.7 Å². The van der Waals surface area contributed by atoms with E-state index in [2.05, 4.69) is 9.97 Å². The van der Waals surface area contributed by atoms with E-state index in [0.717, 1.165) is 0 Å². The van der Waals surface area contributed by atoms with E-state index in [1.54, 1.807) is 31.6 Å². The number of ether oxygens (including phenoxy) is 3. The Balaban J connectivity index is 2.49. The van der Waals surface area contributed by atoms with Gasteiger partial charge >= 0.3 is 0 Å². The summed E-state index contributed by atoms with van der Waals surface area (Å²) < 4.78 is 15.7. The largest absolute Gasteiger partial charge is 0.496 e. The molecule has 0 saturated heterocycles. The molecule has 0 bridgehead atoms. The zero-order valence-electron chi connectivity index (χ0n) is 11.5. The highest BCUT2D eigenvalue weighted by atomic mass is 16.5. The van der Waals surface area contributed by atoms with Crippen molar-refractivity contribution in [3.8, 4) is 17.2 Å². The maximum absolute atomic E-state index is 10.4. The molecule has 1 aromatic carbocycles. The quantitative estimate of drug-likeness (QED) is 0.894. The SMILES string of the molecule is COc1cc(OC)c(C(O)c2cncnc2)cc1OC. The van der Waals surface area contributed by atoms with Crippen LogP contribution in [0.25, 0.3) is 0 Å². The van der Waals surface area contributed by atoms with Gasteiger partial charge in [-0.15, -0.1) is 0 Å². The highest BCUT2D eigenvalue weighted by Gasteiger charge is 2.19. The minimum absolute atomic E-state index is 0.499. The standard InChI is InChI=1S/C14H16N2O4/c1-18-11-5-13(20-3)12(19-2)4-10(11)14(17)9-6-15-8-16-7-9/h4-8,14,17H,1-3H3. The first kappa shape index (κ1) is 14.1. The predicted octanol–water partition coefficient (Wildman–Crippen LogP) is 1.58. The number of aliphatic hydroxyl groups excluding tert-OH is 1. The molecule has 0 fully saturated rings. The van der Waals surface area contributed by atoms with Crippen LogP contribution in [-0.4, -0.2) is 36.4 Å². The molecule has 20 heavy (non-hydrogen) atoms. The maximum atomic E-state index is 10.4. The number of rotatable bonds is 5. The molecule has 106 valence electrons. The fourth-order valence-electron chi connectivity index (χ4n) is 1.90. The molecule has 0 amide bonds. The molecule has 0 aliphatic carbocycles. The Morgan fingerprint density at radius 2 is 1.45 bits per heavy atom. The molecule has 1 aromatic heterocycles. The Labute approximate surface area is 117 Å². The van der Waals surface area contributed by atoms with Crippen molar-refractivity contribution in [2.75, 3.05) is 21.3 Å². The van der Waals surface area contributed by atoms with Crippen LogP contribution in [-0.2, 0) is 0 Å². The Morgan fingerprint density at radius 1 is 0.900 bits per heavy atom. The Morgan fingerprint density at radius 3 is 2.00 bits per heavy atom. The molecule has 0 aliphatic rings. The highest BCUT2D eigenvalue weighted by Crippen LogP contribution is 2.38. The van der Waals surface area contributed by atoms with E-state index in [9.17, 15) is 5.11 Å². The predicted molar refractivity (Wildman–Crippen MR) is 72.2 cm³/mol. The number of methoxy groups -OCH3 is 3. The van der Waals surface area contributed by atoms with E-state index in [-0.39, 0.29) is 0 Å². The second kappa shape index (κ2) is 6.21. The summed E-state index contributed by atoms with van der Waals surface area (Å²) in [6, 6.07) is 3.34. The van der Waals surface area contributed by atoms with Crippen molar-refractivity contribution in [3.05, 3.63) is 42.0 Å². The first-order valence-corrected chi connectivity index (χ1v) is 5.94. The van der Waals surface area contributed by atoms with Gasteiger partial charge in [0.1, 0.15) is 18.2 Å². The average molecular weight is 276 g/mol. The molecular formula is C14H16N2O4. The van der Waals surface area contributed by atoms with Gasteiger partial charge in [0, 0.05) is 29.6 Å². The minimum atomic E-state index is -0.911. The Bertz CT molecular complexity index is 575. The molecule has 1 unspecified atom stereocenters. The number of nitrogens with zero attached hydrogens (tertiary/aromatic N) is 2. The summed E-state index contributed by atoms with van der Waals surface area (Å²) in [5, 5.41) is 10.4. The van der Waals surface area contributed by atoms with Crippen molar-refractivity contribution in [2.24, 2.45) is 0 Å². The van der Waals surface area contributed by atoms with E-state index >= 15 is 0 Å². The number of benzene rings is 1. The van der Waals surface area contributed by atoms with Crippen molar-refractivity contribution in [1.82, 2.24) is 9.97 Å². The van der Waals surface area contributed by atoms with Gasteiger partial charge in [0.25, 0.3) is 0 Å². The van der Waals surface area contributed by atoms with Crippen LogP contribution < -0.4 is 14.2 Å². The summed E-state index contributed by atoms with van der Waals surface area (Å²) in [5.74, 6) is 1.54. The lowest BCUT2D eigenvalue weighted by Crippen LogP contribution is -2.05. The second-order valence-corrected chi connectivity index (χ2v) is 4.02. The van der Waals surface area contributed by atoms with Crippen LogP contribution in [0.15, 0.2) is 30.9 Å². The van der Waals surface area contributed by atoms with Crippen LogP contribution in [0.2, 0.25) is 0 Å². The van der Waals surface area contributed by atoms with Gasteiger partial charge in [-0.1, -0.05) is 0 Å². The van der Waals surface area contributed by atoms with Gasteiger partial charge in [0.2, 0.25) is 0 Å². The summed E-state index contributed by atoms with van der Waals surface area (Å²) in [4.78, 5) is 7.79. The third kappa shape index (κ3) is 2.65. The van der Waals surface area contributed by atoms with Crippen molar-refractivity contribution in [2.45, 2.75) is 6.10 Å². The fourth-order valence-corrected chi connectivity index (χ4v) is 1.90. The zero-order valence-corrected chi connectivity index (χ0v) is 11.5. The van der Waals surface area contributed by atoms with Crippen molar-refractivity contribution in [1.29, 1.82) is 0 Å². The molecular weight excluding hydrogens is 260 g/mol. The zero-order chi connectivity index (χ0) is 14.5. The number of aliphatic hydroxyl groups is 1. The average Bonchev–Trinajstić information content (AvgIpc) is 2.53. The summed E-state index contributed by atoms with van der Waals surface area (Å²) in [6.07, 6.45) is 3.59. The molecule has 6 heteroatoms. The first-order valence-electron chi connectivity index (χ1n) is 5.94. The molecule has 0 spiro atoms. The van der Waals surface area contributed by atoms with Gasteiger partial charge in [-0.25, -0.2) is 9.97 Å². The number of hydrogen-bond donors (Lipinski definition) is 1. The molecule has 2 rings (SSSR count). The Kier molecular flexibility index (Phi) is 4.37. The van der Waals surface area contributed by atoms with E-state index in [1.165, 1.54) is 20.5 Å². The summed E-state index contributed by atoms with van der Waals surface area (Å²) in [7, 11) is 4.60. The number of aromatic nitrogens is 2. The molecule has 6 nitrogen and oxygen atoms in total. The van der Waals surface area contributed by atoms with Crippen LogP contribution in [0.1, 0.15) is 17.2 Å². The fraction of sp³-hybridized carbons (Fsp3) is 0.286. The lowest BCUT2D eigenvalue weighted by atomic mass is 10.0. The van der Waals surface area contributed by atoms with Crippen LogP contribution in [0.3, 0.4) is 0 Å². The lowest BCUT2D eigenvalue weighted by molar-refractivity contribution is 0.212. The third-order valence-electron chi connectivity index (χ3n) is 2.93. The van der Waals surface area contributed by atoms with Crippen LogP contribution in [0, 0.1) is 0 Å². The third-order valence-corrected chi connectivity index (χ3v) is 2.93. The van der Waals surface area contributed by atoms with Crippen molar-refractivity contribution in [3.63, 3.8) is 0 Å². The second-order valence-electron chi connectivity index (χ2n) is 4.02. The van der Waals surface area contributed by atoms with Crippen molar-refractivity contribution >= 4 is 0 Å². The van der Waals surface area contributed by atoms with E-state index in [0.29, 0.717) is 28.4 Å². The van der Waals surface area contributed by atoms with Gasteiger partial charge in [-0.2, -0.15) is 0 Å². The lowest BCUT2D eigenvalue weighted by Gasteiger charge is -2.17. The smallest absolute Gasteiger partial charge is 0.164 e. The monoisotopic (exact) mass is 276 g/mol. The van der Waals surface area contributed by atoms with E-state index < -0.39 is 6.10 Å². The van der Waals surface area contributed by atoms with Crippen molar-refractivity contribution < 1.29 is 19.3 Å². The molecule has 1 heterocycles. The summed E-state index contributed by atoms with van der Waals surface area (Å²) >= 11 is 0. The van der Waals surface area contributed by atoms with Gasteiger partial charge in [-0.3, -0.25) is 0 Å². The minimum Gasteiger partial charge on any atom is -0.496 e. The van der Waals surface area contributed by atoms with Crippen LogP contribution in [0.4, 0.5) is 0 Å². The summed E-state index contributed by atoms with van der Waals surface area (Å²) in [6.45, 7) is 0. The molecule has 0 aliphatic heterocycles. The normalized spacial score (nSPS) is 11.8. The van der Waals surface area contributed by atoms with Crippen LogP contribution >= 0.6 is 0 Å². The van der Waals surface area contributed by atoms with E-state index in [1.807, 2.05) is 0 Å². The molecule has 0 saturated carbocycles. The van der Waals surface area contributed by atoms with Gasteiger partial charge < -0.3 is 19.3 Å². The van der Waals surface area contributed by atoms with Gasteiger partial charge in [-0.05, 0) is 6.07 Å². The first-order chi connectivity index (χ1) is 9.71. The molecule has 1 atom stereocenters. The highest BCUT2D eigenvalue weighted by molar-refractivity contribution is 5.52.